The summed E-state index contributed by atoms with van der Waals surface area (Å²) in [5.74, 6) is -4.44. The molecule has 0 radical (unpaired) electrons. The number of nitrogens with zero attached hydrogens (tertiary/aromatic N) is 1. The number of cyclic esters (lactones) is 1. The van der Waals surface area contributed by atoms with E-state index in [4.69, 9.17) is 4.74 Å². The lowest BCUT2D eigenvalue weighted by Crippen LogP contribution is -2.67. The second-order valence-corrected chi connectivity index (χ2v) is 20.2. The van der Waals surface area contributed by atoms with Gasteiger partial charge in [0.05, 0.1) is 29.8 Å². The van der Waals surface area contributed by atoms with Crippen molar-refractivity contribution in [2.24, 2.45) is 52.3 Å². The third-order valence-corrected chi connectivity index (χ3v) is 16.0. The molecule has 330 valence electrons. The van der Waals surface area contributed by atoms with Crippen molar-refractivity contribution in [3.8, 4) is 0 Å². The van der Waals surface area contributed by atoms with Crippen molar-refractivity contribution in [1.82, 2.24) is 10.2 Å². The first-order valence-electron chi connectivity index (χ1n) is 21.8. The highest BCUT2D eigenvalue weighted by Gasteiger charge is 2.71. The molecule has 58 heavy (non-hydrogen) atoms. The van der Waals surface area contributed by atoms with Crippen LogP contribution in [0.4, 0.5) is 4.39 Å². The second kappa shape index (κ2) is 16.9. The lowest BCUT2D eigenvalue weighted by atomic mass is 9.45. The Morgan fingerprint density at radius 1 is 0.983 bits per heavy atom. The molecular weight excluding hydrogens is 747 g/mol. The smallest absolute Gasteiger partial charge is 0.311 e. The van der Waals surface area contributed by atoms with Gasteiger partial charge in [0.25, 0.3) is 0 Å². The van der Waals surface area contributed by atoms with Crippen molar-refractivity contribution >= 4 is 17.7 Å². The summed E-state index contributed by atoms with van der Waals surface area (Å²) in [5, 5.41) is 72.1. The molecule has 3 unspecified atom stereocenters. The van der Waals surface area contributed by atoms with Gasteiger partial charge >= 0.3 is 5.97 Å². The molecule has 5 aliphatic rings. The molecule has 18 atom stereocenters. The highest BCUT2D eigenvalue weighted by atomic mass is 19.1. The maximum absolute atomic E-state index is 17.6. The van der Waals surface area contributed by atoms with Gasteiger partial charge in [0.1, 0.15) is 17.8 Å². The second-order valence-electron chi connectivity index (χ2n) is 20.2. The number of carbonyl (C=O) groups excluding carboxylic acids is 3. The van der Waals surface area contributed by atoms with Gasteiger partial charge in [-0.3, -0.25) is 19.3 Å². The van der Waals surface area contributed by atoms with Crippen LogP contribution in [0.15, 0.2) is 23.8 Å². The quantitative estimate of drug-likeness (QED) is 0.153. The van der Waals surface area contributed by atoms with Crippen LogP contribution in [0.1, 0.15) is 114 Å². The topological polar surface area (TPSA) is 197 Å². The zero-order valence-electron chi connectivity index (χ0n) is 36.5. The zero-order chi connectivity index (χ0) is 43.5. The fourth-order valence-electron chi connectivity index (χ4n) is 12.6. The number of amides is 1. The third kappa shape index (κ3) is 7.99. The number of aliphatic hydroxyl groups is 6. The molecule has 0 spiro atoms. The number of ether oxygens (including phenoxy) is 1. The Morgan fingerprint density at radius 3 is 2.28 bits per heavy atom. The summed E-state index contributed by atoms with van der Waals surface area (Å²) in [6.07, 6.45) is 0.640. The number of hydrogen-bond donors (Lipinski definition) is 7. The SMILES string of the molecule is CC[C@H]1OC(=O)[C@H](C)[C@@H](O)C(C)[C@@H](O)[C@](C)(O)C[C@@H](C)CN(CCCNC(=O)[C@H]2[C@H](C)CC3C4CCC5=CC(=O)C=C[C@]5(C)[C@@]4(F)[C@@H](O)C[C@@]32C)[C@H](C)[C@@H](O)[C@]1(C)O. The van der Waals surface area contributed by atoms with Crippen LogP contribution in [0.3, 0.4) is 0 Å². The Morgan fingerprint density at radius 2 is 1.64 bits per heavy atom. The van der Waals surface area contributed by atoms with E-state index < -0.39 is 93.9 Å². The molecule has 1 heterocycles. The van der Waals surface area contributed by atoms with Gasteiger partial charge in [0, 0.05) is 48.8 Å². The van der Waals surface area contributed by atoms with E-state index in [9.17, 15) is 45.0 Å². The first kappa shape index (κ1) is 46.8. The highest BCUT2D eigenvalue weighted by Crippen LogP contribution is 2.69. The highest BCUT2D eigenvalue weighted by molar-refractivity contribution is 6.01. The van der Waals surface area contributed by atoms with Crippen LogP contribution in [0.2, 0.25) is 0 Å². The summed E-state index contributed by atoms with van der Waals surface area (Å²) in [7, 11) is 0. The zero-order valence-corrected chi connectivity index (χ0v) is 36.5. The van der Waals surface area contributed by atoms with Gasteiger partial charge in [-0.1, -0.05) is 46.3 Å². The van der Waals surface area contributed by atoms with E-state index in [-0.39, 0.29) is 55.3 Å². The molecular formula is C45H73FN2O10. The van der Waals surface area contributed by atoms with Crippen LogP contribution < -0.4 is 5.32 Å². The summed E-state index contributed by atoms with van der Waals surface area (Å²) in [4.78, 5) is 41.6. The number of aliphatic hydroxyl groups excluding tert-OH is 4. The molecule has 13 heteroatoms. The summed E-state index contributed by atoms with van der Waals surface area (Å²) in [6.45, 7) is 18.2. The Labute approximate surface area is 344 Å². The van der Waals surface area contributed by atoms with Gasteiger partial charge in [-0.05, 0) is 115 Å². The molecule has 0 aromatic carbocycles. The number of ketones is 1. The average molecular weight is 821 g/mol. The van der Waals surface area contributed by atoms with Crippen molar-refractivity contribution in [2.45, 2.75) is 168 Å². The molecule has 12 nitrogen and oxygen atoms in total. The first-order chi connectivity index (χ1) is 26.8. The van der Waals surface area contributed by atoms with E-state index in [1.165, 1.54) is 32.9 Å². The van der Waals surface area contributed by atoms with E-state index >= 15 is 4.39 Å². The molecule has 4 aliphatic carbocycles. The van der Waals surface area contributed by atoms with Gasteiger partial charge in [-0.15, -0.1) is 0 Å². The number of fused-ring (bicyclic) bond motifs is 5. The summed E-state index contributed by atoms with van der Waals surface area (Å²) in [6, 6.07) is -0.674. The lowest BCUT2D eigenvalue weighted by Gasteiger charge is -2.61. The summed E-state index contributed by atoms with van der Waals surface area (Å²) in [5.41, 5.74) is -6.50. The molecule has 0 aromatic rings. The van der Waals surface area contributed by atoms with Crippen LogP contribution in [0.25, 0.3) is 0 Å². The number of rotatable bonds is 6. The van der Waals surface area contributed by atoms with Crippen LogP contribution in [0.5, 0.6) is 0 Å². The largest absolute Gasteiger partial charge is 0.459 e. The normalized spacial score (nSPS) is 49.4. The minimum atomic E-state index is -1.96. The van der Waals surface area contributed by atoms with Gasteiger partial charge in [0.15, 0.2) is 11.5 Å². The molecule has 0 aromatic heterocycles. The molecule has 7 N–H and O–H groups in total. The predicted molar refractivity (Wildman–Crippen MR) is 217 cm³/mol. The molecule has 3 saturated carbocycles. The molecule has 1 amide bonds. The monoisotopic (exact) mass is 821 g/mol. The number of allylic oxidation sites excluding steroid dienone is 4. The van der Waals surface area contributed by atoms with Crippen LogP contribution in [-0.4, -0.2) is 126 Å². The number of nitrogens with one attached hydrogen (secondary N) is 1. The molecule has 0 bridgehead atoms. The summed E-state index contributed by atoms with van der Waals surface area (Å²) >= 11 is 0. The minimum absolute atomic E-state index is 0.0564. The van der Waals surface area contributed by atoms with E-state index in [2.05, 4.69) is 5.32 Å². The van der Waals surface area contributed by atoms with Crippen molar-refractivity contribution in [1.29, 1.82) is 0 Å². The first-order valence-corrected chi connectivity index (χ1v) is 21.8. The number of hydrogen-bond acceptors (Lipinski definition) is 11. The molecule has 4 fully saturated rings. The van der Waals surface area contributed by atoms with Gasteiger partial charge in [0.2, 0.25) is 5.91 Å². The fraction of sp³-hybridized carbons (Fsp3) is 0.844. The van der Waals surface area contributed by atoms with Crippen LogP contribution in [-0.2, 0) is 19.1 Å². The van der Waals surface area contributed by atoms with Crippen molar-refractivity contribution in [3.05, 3.63) is 23.8 Å². The van der Waals surface area contributed by atoms with Gasteiger partial charge < -0.3 is 40.7 Å². The van der Waals surface area contributed by atoms with Gasteiger partial charge in [-0.25, -0.2) is 4.39 Å². The van der Waals surface area contributed by atoms with Crippen molar-refractivity contribution < 1.29 is 54.2 Å². The number of alkyl halides is 1. The van der Waals surface area contributed by atoms with Crippen LogP contribution >= 0.6 is 0 Å². The maximum Gasteiger partial charge on any atom is 0.311 e. The molecule has 1 aliphatic heterocycles. The molecule has 1 saturated heterocycles. The third-order valence-electron chi connectivity index (χ3n) is 16.0. The maximum atomic E-state index is 17.6. The standard InChI is InChI=1S/C45H73FN2O10/c1-11-34-44(10,57)38(53)28(6)48(23-24(2)21-43(9,56)37(52)26(4)36(51)27(5)40(55)58-34)18-12-17-47-39(54)35-25(3)19-32-31-14-13-29-20-30(49)15-16-42(29,8)45(31,46)33(50)22-41(32,35)7/h15-16,20,24-28,31-38,50-53,56-57H,11-14,17-19,21-23H2,1-10H3,(H,47,54)/t24-,25-,26?,27-,28-,31?,32?,33+,34-,35-,36+,37-,38-,41+,42+,43-,44-,45+/m1/s1. The Balaban J connectivity index is 1.31. The van der Waals surface area contributed by atoms with Crippen molar-refractivity contribution in [2.75, 3.05) is 19.6 Å². The Bertz CT molecular complexity index is 1600. The van der Waals surface area contributed by atoms with E-state index in [1.54, 1.807) is 33.8 Å². The molecule has 5 rings (SSSR count). The minimum Gasteiger partial charge on any atom is -0.459 e. The fourth-order valence-corrected chi connectivity index (χ4v) is 12.6. The number of halogens is 1. The van der Waals surface area contributed by atoms with E-state index in [0.717, 1.165) is 5.57 Å². The number of carbonyl (C=O) groups is 3. The van der Waals surface area contributed by atoms with E-state index in [1.807, 2.05) is 25.7 Å². The Kier molecular flexibility index (Phi) is 13.6. The van der Waals surface area contributed by atoms with Crippen molar-refractivity contribution in [3.63, 3.8) is 0 Å². The predicted octanol–water partition coefficient (Wildman–Crippen LogP) is 3.63. The Hall–Kier alpha value is -2.26. The summed E-state index contributed by atoms with van der Waals surface area (Å²) < 4.78 is 23.3. The average Bonchev–Trinajstić information content (AvgIpc) is 3.41. The lowest BCUT2D eigenvalue weighted by molar-refractivity contribution is -0.196. The van der Waals surface area contributed by atoms with Crippen LogP contribution in [0, 0.1) is 52.3 Å². The van der Waals surface area contributed by atoms with E-state index in [0.29, 0.717) is 38.8 Å². The number of esters is 1. The van der Waals surface area contributed by atoms with Gasteiger partial charge in [-0.2, -0.15) is 0 Å².